The van der Waals surface area contributed by atoms with Gasteiger partial charge in [-0.2, -0.15) is 0 Å². The average Bonchev–Trinajstić information content (AvgIpc) is 3.34. The van der Waals surface area contributed by atoms with Gasteiger partial charge in [-0.25, -0.2) is 9.78 Å². The molecule has 1 atom stereocenters. The van der Waals surface area contributed by atoms with Crippen molar-refractivity contribution in [2.24, 2.45) is 0 Å². The molecule has 25 heavy (non-hydrogen) atoms. The molecular formula is C18H15N3O3S. The summed E-state index contributed by atoms with van der Waals surface area (Å²) in [7, 11) is 0. The number of nitrogens with one attached hydrogen (secondary N) is 1. The van der Waals surface area contributed by atoms with E-state index in [2.05, 4.69) is 10.3 Å². The van der Waals surface area contributed by atoms with Crippen molar-refractivity contribution >= 4 is 23.3 Å². The summed E-state index contributed by atoms with van der Waals surface area (Å²) >= 11 is 1.51. The Labute approximate surface area is 148 Å². The number of imide groups is 1. The maximum atomic E-state index is 12.9. The molecule has 0 saturated carbocycles. The number of urea groups is 1. The maximum Gasteiger partial charge on any atom is 0.325 e. The molecule has 0 radical (unpaired) electrons. The van der Waals surface area contributed by atoms with Gasteiger partial charge in [0.15, 0.2) is 0 Å². The van der Waals surface area contributed by atoms with Crippen LogP contribution >= 0.6 is 11.3 Å². The lowest BCUT2D eigenvalue weighted by molar-refractivity contribution is -0.131. The lowest BCUT2D eigenvalue weighted by Gasteiger charge is -2.21. The monoisotopic (exact) mass is 353 g/mol. The molecule has 1 aliphatic heterocycles. The molecule has 7 heteroatoms. The van der Waals surface area contributed by atoms with E-state index in [0.29, 0.717) is 11.6 Å². The Bertz CT molecular complexity index is 920. The number of carbonyl (C=O) groups excluding carboxylic acids is 2. The second-order valence-corrected chi connectivity index (χ2v) is 6.88. The summed E-state index contributed by atoms with van der Waals surface area (Å²) in [5.41, 5.74) is 0.207. The molecule has 1 N–H and O–H groups in total. The third-order valence-electron chi connectivity index (χ3n) is 4.23. The van der Waals surface area contributed by atoms with Crippen LogP contribution in [0.4, 0.5) is 4.79 Å². The first-order valence-corrected chi connectivity index (χ1v) is 8.64. The first kappa shape index (κ1) is 15.6. The second-order valence-electron chi connectivity index (χ2n) is 5.93. The summed E-state index contributed by atoms with van der Waals surface area (Å²) in [4.78, 5) is 31.7. The smallest absolute Gasteiger partial charge is 0.325 e. The van der Waals surface area contributed by atoms with Gasteiger partial charge < -0.3 is 9.73 Å². The Hall–Kier alpha value is -2.93. The zero-order chi connectivity index (χ0) is 17.4. The SMILES string of the molecule is CC1(c2ccccc2)NC(=O)N(Cc2coc(-c3cccs3)n2)C1=O. The van der Waals surface area contributed by atoms with Crippen LogP contribution in [0.2, 0.25) is 0 Å². The first-order valence-electron chi connectivity index (χ1n) is 7.76. The van der Waals surface area contributed by atoms with E-state index in [1.54, 1.807) is 6.92 Å². The van der Waals surface area contributed by atoms with E-state index in [9.17, 15) is 9.59 Å². The number of rotatable bonds is 4. The number of aromatic nitrogens is 1. The normalized spacial score (nSPS) is 20.1. The standard InChI is InChI=1S/C18H15N3O3S/c1-18(12-6-3-2-4-7-12)16(22)21(17(23)20-18)10-13-11-24-15(19-13)14-8-5-9-25-14/h2-9,11H,10H2,1H3,(H,20,23). The van der Waals surface area contributed by atoms with Crippen molar-refractivity contribution in [3.8, 4) is 10.8 Å². The van der Waals surface area contributed by atoms with Crippen LogP contribution in [0.15, 0.2) is 58.5 Å². The number of hydrogen-bond donors (Lipinski definition) is 1. The number of benzene rings is 1. The molecule has 2 aromatic heterocycles. The summed E-state index contributed by atoms with van der Waals surface area (Å²) < 4.78 is 5.46. The van der Waals surface area contributed by atoms with Crippen molar-refractivity contribution in [3.63, 3.8) is 0 Å². The fourth-order valence-electron chi connectivity index (χ4n) is 2.86. The predicted molar refractivity (Wildman–Crippen MR) is 92.7 cm³/mol. The van der Waals surface area contributed by atoms with Crippen LogP contribution < -0.4 is 5.32 Å². The van der Waals surface area contributed by atoms with Gasteiger partial charge >= 0.3 is 6.03 Å². The van der Waals surface area contributed by atoms with Gasteiger partial charge in [-0.15, -0.1) is 11.3 Å². The summed E-state index contributed by atoms with van der Waals surface area (Å²) in [5.74, 6) is 0.187. The van der Waals surface area contributed by atoms with E-state index < -0.39 is 11.6 Å². The Morgan fingerprint density at radius 1 is 1.20 bits per heavy atom. The van der Waals surface area contributed by atoms with Gasteiger partial charge in [0.05, 0.1) is 17.1 Å². The molecule has 1 unspecified atom stereocenters. The van der Waals surface area contributed by atoms with Crippen LogP contribution in [0.5, 0.6) is 0 Å². The first-order chi connectivity index (χ1) is 12.1. The highest BCUT2D eigenvalue weighted by Gasteiger charge is 2.49. The minimum absolute atomic E-state index is 0.0714. The highest BCUT2D eigenvalue weighted by molar-refractivity contribution is 7.13. The number of thiophene rings is 1. The van der Waals surface area contributed by atoms with Gasteiger partial charge in [-0.1, -0.05) is 36.4 Å². The molecule has 1 fully saturated rings. The van der Waals surface area contributed by atoms with Crippen molar-refractivity contribution in [3.05, 3.63) is 65.4 Å². The molecule has 3 amide bonds. The van der Waals surface area contributed by atoms with E-state index in [4.69, 9.17) is 4.42 Å². The largest absolute Gasteiger partial charge is 0.443 e. The van der Waals surface area contributed by atoms with E-state index in [0.717, 1.165) is 10.4 Å². The quantitative estimate of drug-likeness (QED) is 0.730. The fraction of sp³-hybridized carbons (Fsp3) is 0.167. The summed E-state index contributed by atoms with van der Waals surface area (Å²) in [5, 5.41) is 4.71. The van der Waals surface area contributed by atoms with Gasteiger partial charge in [-0.05, 0) is 23.9 Å². The summed E-state index contributed by atoms with van der Waals surface area (Å²) in [6.07, 6.45) is 1.48. The average molecular weight is 353 g/mol. The third kappa shape index (κ3) is 2.62. The lowest BCUT2D eigenvalue weighted by Crippen LogP contribution is -2.40. The Balaban J connectivity index is 1.57. The molecular weight excluding hydrogens is 338 g/mol. The molecule has 6 nitrogen and oxygen atoms in total. The van der Waals surface area contributed by atoms with Crippen molar-refractivity contribution < 1.29 is 14.0 Å². The topological polar surface area (TPSA) is 75.4 Å². The Kier molecular flexibility index (Phi) is 3.65. The summed E-state index contributed by atoms with van der Waals surface area (Å²) in [6, 6.07) is 12.6. The van der Waals surface area contributed by atoms with Gasteiger partial charge in [-0.3, -0.25) is 9.69 Å². The van der Waals surface area contributed by atoms with E-state index in [1.807, 2.05) is 47.8 Å². The summed E-state index contributed by atoms with van der Waals surface area (Å²) in [6.45, 7) is 1.78. The van der Waals surface area contributed by atoms with Gasteiger partial charge in [0, 0.05) is 0 Å². The number of oxazole rings is 1. The van der Waals surface area contributed by atoms with Crippen LogP contribution in [-0.2, 0) is 16.9 Å². The Morgan fingerprint density at radius 3 is 2.72 bits per heavy atom. The number of amides is 3. The lowest BCUT2D eigenvalue weighted by atomic mass is 9.92. The second kappa shape index (κ2) is 5.86. The number of carbonyl (C=O) groups is 2. The molecule has 3 aromatic rings. The molecule has 1 aromatic carbocycles. The van der Waals surface area contributed by atoms with E-state index >= 15 is 0 Å². The van der Waals surface area contributed by atoms with Gasteiger partial charge in [0.1, 0.15) is 11.8 Å². The fourth-order valence-corrected chi connectivity index (χ4v) is 3.52. The predicted octanol–water partition coefficient (Wildman–Crippen LogP) is 3.37. The minimum Gasteiger partial charge on any atom is -0.443 e. The Morgan fingerprint density at radius 2 is 2.00 bits per heavy atom. The van der Waals surface area contributed by atoms with Crippen molar-refractivity contribution in [2.45, 2.75) is 19.0 Å². The molecule has 0 bridgehead atoms. The zero-order valence-electron chi connectivity index (χ0n) is 13.4. The highest BCUT2D eigenvalue weighted by Crippen LogP contribution is 2.30. The van der Waals surface area contributed by atoms with Gasteiger partial charge in [0.25, 0.3) is 5.91 Å². The molecule has 3 heterocycles. The molecule has 126 valence electrons. The van der Waals surface area contributed by atoms with Gasteiger partial charge in [0.2, 0.25) is 5.89 Å². The van der Waals surface area contributed by atoms with Crippen LogP contribution in [0, 0.1) is 0 Å². The molecule has 0 spiro atoms. The molecule has 1 saturated heterocycles. The molecule has 4 rings (SSSR count). The van der Waals surface area contributed by atoms with Crippen LogP contribution in [-0.4, -0.2) is 21.8 Å². The third-order valence-corrected chi connectivity index (χ3v) is 5.09. The van der Waals surface area contributed by atoms with Crippen molar-refractivity contribution in [2.75, 3.05) is 0 Å². The highest BCUT2D eigenvalue weighted by atomic mass is 32.1. The number of nitrogens with zero attached hydrogens (tertiary/aromatic N) is 2. The van der Waals surface area contributed by atoms with E-state index in [1.165, 1.54) is 22.5 Å². The van der Waals surface area contributed by atoms with Crippen molar-refractivity contribution in [1.29, 1.82) is 0 Å². The van der Waals surface area contributed by atoms with E-state index in [-0.39, 0.29) is 12.5 Å². The maximum absolute atomic E-state index is 12.9. The van der Waals surface area contributed by atoms with Crippen LogP contribution in [0.3, 0.4) is 0 Å². The zero-order valence-corrected chi connectivity index (χ0v) is 14.2. The minimum atomic E-state index is -1.07. The van der Waals surface area contributed by atoms with Crippen molar-refractivity contribution in [1.82, 2.24) is 15.2 Å². The number of hydrogen-bond acceptors (Lipinski definition) is 5. The van der Waals surface area contributed by atoms with Crippen LogP contribution in [0.25, 0.3) is 10.8 Å². The van der Waals surface area contributed by atoms with Crippen LogP contribution in [0.1, 0.15) is 18.2 Å². The molecule has 1 aliphatic rings. The molecule has 0 aliphatic carbocycles.